The van der Waals surface area contributed by atoms with Gasteiger partial charge in [0.25, 0.3) is 0 Å². The molecule has 0 bridgehead atoms. The fraction of sp³-hybridized carbons (Fsp3) is 0.206. The first-order chi connectivity index (χ1) is 20.4. The number of carbonyl (C=O) groups excluding carboxylic acids is 3. The predicted octanol–water partition coefficient (Wildman–Crippen LogP) is 7.16. The highest BCUT2D eigenvalue weighted by molar-refractivity contribution is 5.95. The second-order valence-electron chi connectivity index (χ2n) is 9.19. The van der Waals surface area contributed by atoms with Crippen LogP contribution in [0.1, 0.15) is 57.8 Å². The van der Waals surface area contributed by atoms with Crippen LogP contribution in [0.4, 0.5) is 0 Å². The van der Waals surface area contributed by atoms with Crippen LogP contribution in [0.25, 0.3) is 11.1 Å². The third kappa shape index (κ3) is 7.75. The lowest BCUT2D eigenvalue weighted by atomic mass is 10.0. The number of unbranched alkanes of at least 4 members (excludes halogenated alkanes) is 1. The van der Waals surface area contributed by atoms with Gasteiger partial charge >= 0.3 is 17.9 Å². The molecule has 0 radical (unpaired) electrons. The lowest BCUT2D eigenvalue weighted by Gasteiger charge is -2.11. The van der Waals surface area contributed by atoms with Gasteiger partial charge in [-0.05, 0) is 91.2 Å². The number of hydrogen-bond donors (Lipinski definition) is 0. The summed E-state index contributed by atoms with van der Waals surface area (Å²) in [4.78, 5) is 37.5. The van der Waals surface area contributed by atoms with E-state index in [-0.39, 0.29) is 22.6 Å². The summed E-state index contributed by atoms with van der Waals surface area (Å²) >= 11 is 0. The van der Waals surface area contributed by atoms with Crippen LogP contribution >= 0.6 is 0 Å². The molecule has 8 nitrogen and oxygen atoms in total. The third-order valence-electron chi connectivity index (χ3n) is 6.24. The van der Waals surface area contributed by atoms with E-state index in [1.165, 1.54) is 49.6 Å². The highest BCUT2D eigenvalue weighted by Gasteiger charge is 2.17. The van der Waals surface area contributed by atoms with Gasteiger partial charge in [-0.1, -0.05) is 37.6 Å². The lowest BCUT2D eigenvalue weighted by Crippen LogP contribution is -2.11. The van der Waals surface area contributed by atoms with Crippen LogP contribution in [0.15, 0.2) is 91.0 Å². The van der Waals surface area contributed by atoms with Crippen LogP contribution in [-0.2, 0) is 4.74 Å². The van der Waals surface area contributed by atoms with Crippen molar-refractivity contribution in [2.45, 2.75) is 26.7 Å². The zero-order valence-electron chi connectivity index (χ0n) is 23.8. The molecular formula is C34H32O8. The van der Waals surface area contributed by atoms with E-state index < -0.39 is 17.9 Å². The van der Waals surface area contributed by atoms with Gasteiger partial charge in [-0.3, -0.25) is 0 Å². The molecule has 0 fully saturated rings. The Hall–Kier alpha value is -5.11. The molecule has 0 spiro atoms. The van der Waals surface area contributed by atoms with Crippen molar-refractivity contribution in [2.24, 2.45) is 0 Å². The first kappa shape index (κ1) is 29.9. The second-order valence-corrected chi connectivity index (χ2v) is 9.19. The van der Waals surface area contributed by atoms with Crippen LogP contribution in [0.3, 0.4) is 0 Å². The van der Waals surface area contributed by atoms with Gasteiger partial charge in [0.2, 0.25) is 0 Å². The van der Waals surface area contributed by atoms with Crippen LogP contribution in [0.5, 0.6) is 23.0 Å². The van der Waals surface area contributed by atoms with Gasteiger partial charge in [0, 0.05) is 0 Å². The number of esters is 3. The van der Waals surface area contributed by atoms with Gasteiger partial charge in [-0.25, -0.2) is 14.4 Å². The predicted molar refractivity (Wildman–Crippen MR) is 158 cm³/mol. The molecule has 0 aromatic heterocycles. The standard InChI is InChI=1S/C34H32O8/c1-4-6-21-40-27-15-11-24(12-16-27)23-7-9-25(10-8-23)32(35)41-28-17-13-26(14-18-28)33(36)42-29-19-20-31(39-5-2)30(22-29)34(37)38-3/h7-20,22H,4-6,21H2,1-3H3. The minimum absolute atomic E-state index is 0.144. The van der Waals surface area contributed by atoms with Crippen molar-refractivity contribution in [3.8, 4) is 34.1 Å². The second kappa shape index (κ2) is 14.5. The maximum atomic E-state index is 12.7. The van der Waals surface area contributed by atoms with Crippen molar-refractivity contribution in [1.29, 1.82) is 0 Å². The molecule has 0 saturated heterocycles. The van der Waals surface area contributed by atoms with Gasteiger partial charge in [0.15, 0.2) is 0 Å². The van der Waals surface area contributed by atoms with E-state index in [4.69, 9.17) is 23.7 Å². The number of hydrogen-bond acceptors (Lipinski definition) is 8. The van der Waals surface area contributed by atoms with Gasteiger partial charge < -0.3 is 23.7 Å². The van der Waals surface area contributed by atoms with Crippen LogP contribution < -0.4 is 18.9 Å². The minimum Gasteiger partial charge on any atom is -0.494 e. The molecule has 216 valence electrons. The average Bonchev–Trinajstić information content (AvgIpc) is 3.02. The molecule has 4 rings (SSSR count). The van der Waals surface area contributed by atoms with E-state index >= 15 is 0 Å². The lowest BCUT2D eigenvalue weighted by molar-refractivity contribution is 0.0592. The molecule has 0 saturated carbocycles. The molecule has 0 aliphatic heterocycles. The van der Waals surface area contributed by atoms with Crippen molar-refractivity contribution >= 4 is 17.9 Å². The zero-order chi connectivity index (χ0) is 29.9. The molecule has 0 unspecified atom stereocenters. The topological polar surface area (TPSA) is 97.4 Å². The monoisotopic (exact) mass is 568 g/mol. The molecule has 0 N–H and O–H groups in total. The Morgan fingerprint density at radius 3 is 1.69 bits per heavy atom. The molecule has 8 heteroatoms. The molecule has 42 heavy (non-hydrogen) atoms. The molecule has 4 aromatic carbocycles. The number of methoxy groups -OCH3 is 1. The van der Waals surface area contributed by atoms with Gasteiger partial charge in [-0.2, -0.15) is 0 Å². The van der Waals surface area contributed by atoms with Crippen molar-refractivity contribution in [1.82, 2.24) is 0 Å². The van der Waals surface area contributed by atoms with E-state index in [2.05, 4.69) is 6.92 Å². The van der Waals surface area contributed by atoms with Crippen molar-refractivity contribution in [3.05, 3.63) is 108 Å². The number of benzene rings is 4. The maximum Gasteiger partial charge on any atom is 0.343 e. The number of carbonyl (C=O) groups is 3. The Kier molecular flexibility index (Phi) is 10.3. The van der Waals surface area contributed by atoms with Gasteiger partial charge in [-0.15, -0.1) is 0 Å². The van der Waals surface area contributed by atoms with Crippen LogP contribution in [-0.4, -0.2) is 38.2 Å². The highest BCUT2D eigenvalue weighted by atomic mass is 16.5. The molecule has 0 atom stereocenters. The molecule has 0 amide bonds. The summed E-state index contributed by atoms with van der Waals surface area (Å²) in [7, 11) is 1.26. The number of rotatable bonds is 12. The molecule has 0 heterocycles. The first-order valence-electron chi connectivity index (χ1n) is 13.6. The van der Waals surface area contributed by atoms with Crippen LogP contribution in [0, 0.1) is 0 Å². The van der Waals surface area contributed by atoms with E-state index in [1.807, 2.05) is 36.4 Å². The van der Waals surface area contributed by atoms with Gasteiger partial charge in [0.1, 0.15) is 28.6 Å². The molecule has 4 aromatic rings. The van der Waals surface area contributed by atoms with E-state index in [1.54, 1.807) is 19.1 Å². The Morgan fingerprint density at radius 2 is 1.12 bits per heavy atom. The summed E-state index contributed by atoms with van der Waals surface area (Å²) in [6.07, 6.45) is 2.10. The summed E-state index contributed by atoms with van der Waals surface area (Å²) in [5.41, 5.74) is 2.73. The molecular weight excluding hydrogens is 536 g/mol. The Morgan fingerprint density at radius 1 is 0.595 bits per heavy atom. The van der Waals surface area contributed by atoms with Crippen LogP contribution in [0.2, 0.25) is 0 Å². The maximum absolute atomic E-state index is 12.7. The fourth-order valence-electron chi connectivity index (χ4n) is 3.99. The summed E-state index contributed by atoms with van der Waals surface area (Å²) in [6, 6.07) is 25.4. The summed E-state index contributed by atoms with van der Waals surface area (Å²) < 4.78 is 26.8. The third-order valence-corrected chi connectivity index (χ3v) is 6.24. The van der Waals surface area contributed by atoms with E-state index in [9.17, 15) is 14.4 Å². The minimum atomic E-state index is -0.649. The quantitative estimate of drug-likeness (QED) is 0.101. The largest absolute Gasteiger partial charge is 0.494 e. The SMILES string of the molecule is CCCCOc1ccc(-c2ccc(C(=O)Oc3ccc(C(=O)Oc4ccc(OCC)c(C(=O)OC)c4)cc3)cc2)cc1. The summed E-state index contributed by atoms with van der Waals surface area (Å²) in [5.74, 6) is -0.209. The highest BCUT2D eigenvalue weighted by Crippen LogP contribution is 2.27. The normalized spacial score (nSPS) is 10.5. The van der Waals surface area contributed by atoms with E-state index in [0.717, 1.165) is 29.7 Å². The van der Waals surface area contributed by atoms with Gasteiger partial charge in [0.05, 0.1) is 31.5 Å². The first-order valence-corrected chi connectivity index (χ1v) is 13.6. The van der Waals surface area contributed by atoms with Crippen molar-refractivity contribution in [3.63, 3.8) is 0 Å². The Balaban J connectivity index is 1.35. The fourth-order valence-corrected chi connectivity index (χ4v) is 3.99. The summed E-state index contributed by atoms with van der Waals surface area (Å²) in [5, 5.41) is 0. The Labute approximate surface area is 244 Å². The van der Waals surface area contributed by atoms with E-state index in [0.29, 0.717) is 24.5 Å². The number of ether oxygens (including phenoxy) is 5. The smallest absolute Gasteiger partial charge is 0.343 e. The van der Waals surface area contributed by atoms with Crippen molar-refractivity contribution in [2.75, 3.05) is 20.3 Å². The zero-order valence-corrected chi connectivity index (χ0v) is 23.8. The molecule has 0 aliphatic rings. The summed E-state index contributed by atoms with van der Waals surface area (Å²) in [6.45, 7) is 4.97. The Bertz CT molecular complexity index is 1510. The van der Waals surface area contributed by atoms with Crippen molar-refractivity contribution < 1.29 is 38.1 Å². The molecule has 0 aliphatic carbocycles. The average molecular weight is 569 g/mol.